The van der Waals surface area contributed by atoms with Crippen LogP contribution in [0.2, 0.25) is 0 Å². The number of nitrogens with zero attached hydrogens (tertiary/aromatic N) is 2. The lowest BCUT2D eigenvalue weighted by molar-refractivity contribution is 0.0468. The summed E-state index contributed by atoms with van der Waals surface area (Å²) >= 11 is 0. The Morgan fingerprint density at radius 2 is 2.14 bits per heavy atom. The number of hydrogen-bond acceptors (Lipinski definition) is 4. The van der Waals surface area contributed by atoms with Crippen LogP contribution in [-0.2, 0) is 0 Å². The molecule has 1 aromatic rings. The minimum atomic E-state index is -0.492. The van der Waals surface area contributed by atoms with Gasteiger partial charge in [0.1, 0.15) is 11.6 Å². The number of carbonyl (C=O) groups is 1. The summed E-state index contributed by atoms with van der Waals surface area (Å²) in [5.74, 6) is -0.845. The maximum atomic E-state index is 13.2. The molecule has 2 saturated heterocycles. The van der Waals surface area contributed by atoms with Crippen LogP contribution in [0, 0.1) is 5.82 Å². The van der Waals surface area contributed by atoms with Gasteiger partial charge >= 0.3 is 0 Å². The van der Waals surface area contributed by atoms with Crippen LogP contribution in [0.4, 0.5) is 4.39 Å². The number of benzene rings is 1. The van der Waals surface area contributed by atoms with Crippen LogP contribution in [0.5, 0.6) is 5.75 Å². The van der Waals surface area contributed by atoms with Gasteiger partial charge in [-0.1, -0.05) is 6.42 Å². The third kappa shape index (κ3) is 3.24. The van der Waals surface area contributed by atoms with E-state index in [2.05, 4.69) is 9.80 Å². The van der Waals surface area contributed by atoms with Gasteiger partial charge in [-0.2, -0.15) is 0 Å². The summed E-state index contributed by atoms with van der Waals surface area (Å²) in [7, 11) is 0. The summed E-state index contributed by atoms with van der Waals surface area (Å²) in [5, 5.41) is 9.71. The normalized spacial score (nSPS) is 23.8. The third-order valence-electron chi connectivity index (χ3n) is 4.55. The molecule has 0 aliphatic carbocycles. The van der Waals surface area contributed by atoms with Gasteiger partial charge in [0.05, 0.1) is 12.1 Å². The lowest BCUT2D eigenvalue weighted by Gasteiger charge is -2.43. The summed E-state index contributed by atoms with van der Waals surface area (Å²) in [4.78, 5) is 16.9. The van der Waals surface area contributed by atoms with Crippen LogP contribution in [0.1, 0.15) is 29.6 Å². The third-order valence-corrected chi connectivity index (χ3v) is 4.55. The second-order valence-corrected chi connectivity index (χ2v) is 6.01. The smallest absolute Gasteiger partial charge is 0.180 e. The first-order valence-corrected chi connectivity index (χ1v) is 7.61. The number of Topliss-reactive ketones (excluding diaryl/α,β-unsaturated/α-hetero) is 1. The summed E-state index contributed by atoms with van der Waals surface area (Å²) in [6, 6.07) is 4.06. The number of fused-ring (bicyclic) bond motifs is 1. The van der Waals surface area contributed by atoms with Crippen LogP contribution in [-0.4, -0.2) is 59.5 Å². The van der Waals surface area contributed by atoms with E-state index in [1.54, 1.807) is 0 Å². The van der Waals surface area contributed by atoms with Crippen molar-refractivity contribution in [3.05, 3.63) is 29.6 Å². The summed E-state index contributed by atoms with van der Waals surface area (Å²) in [6.45, 7) is 4.16. The molecule has 0 saturated carbocycles. The van der Waals surface area contributed by atoms with Crippen molar-refractivity contribution in [3.8, 4) is 5.75 Å². The molecule has 1 aromatic carbocycles. The summed E-state index contributed by atoms with van der Waals surface area (Å²) in [6.07, 6.45) is 3.72. The number of aromatic hydroxyl groups is 1. The number of phenolic OH excluding ortho intramolecular Hbond substituents is 1. The highest BCUT2D eigenvalue weighted by Gasteiger charge is 2.29. The van der Waals surface area contributed by atoms with Gasteiger partial charge in [-0.3, -0.25) is 14.6 Å². The fourth-order valence-electron chi connectivity index (χ4n) is 3.38. The van der Waals surface area contributed by atoms with Crippen molar-refractivity contribution in [1.82, 2.24) is 9.80 Å². The van der Waals surface area contributed by atoms with E-state index in [4.69, 9.17) is 0 Å². The Hall–Kier alpha value is -1.46. The second-order valence-electron chi connectivity index (χ2n) is 6.01. The lowest BCUT2D eigenvalue weighted by atomic mass is 9.99. The molecule has 21 heavy (non-hydrogen) atoms. The topological polar surface area (TPSA) is 43.8 Å². The minimum Gasteiger partial charge on any atom is -0.507 e. The zero-order chi connectivity index (χ0) is 14.8. The number of phenols is 1. The molecule has 1 unspecified atom stereocenters. The molecule has 0 aromatic heterocycles. The molecule has 4 nitrogen and oxygen atoms in total. The molecule has 0 bridgehead atoms. The molecule has 2 aliphatic heterocycles. The molecule has 2 aliphatic rings. The second kappa shape index (κ2) is 6.12. The van der Waals surface area contributed by atoms with Crippen LogP contribution < -0.4 is 0 Å². The number of piperazine rings is 1. The number of piperidine rings is 1. The van der Waals surface area contributed by atoms with Gasteiger partial charge in [-0.05, 0) is 37.6 Å². The van der Waals surface area contributed by atoms with Crippen molar-refractivity contribution < 1.29 is 14.3 Å². The molecule has 2 fully saturated rings. The van der Waals surface area contributed by atoms with Crippen molar-refractivity contribution in [3.63, 3.8) is 0 Å². The van der Waals surface area contributed by atoms with Crippen molar-refractivity contribution >= 4 is 5.78 Å². The van der Waals surface area contributed by atoms with Crippen LogP contribution in [0.3, 0.4) is 0 Å². The maximum Gasteiger partial charge on any atom is 0.180 e. The Kier molecular flexibility index (Phi) is 4.22. The predicted molar refractivity (Wildman–Crippen MR) is 78.0 cm³/mol. The zero-order valence-corrected chi connectivity index (χ0v) is 12.1. The molecule has 0 amide bonds. The van der Waals surface area contributed by atoms with Crippen LogP contribution >= 0.6 is 0 Å². The van der Waals surface area contributed by atoms with Crippen molar-refractivity contribution in [2.24, 2.45) is 0 Å². The molecule has 0 spiro atoms. The van der Waals surface area contributed by atoms with Gasteiger partial charge in [-0.15, -0.1) is 0 Å². The minimum absolute atomic E-state index is 0.0843. The fraction of sp³-hybridized carbons (Fsp3) is 0.562. The van der Waals surface area contributed by atoms with Gasteiger partial charge in [0.25, 0.3) is 0 Å². The van der Waals surface area contributed by atoms with Crippen LogP contribution in [0.25, 0.3) is 0 Å². The predicted octanol–water partition coefficient (Wildman–Crippen LogP) is 1.88. The van der Waals surface area contributed by atoms with E-state index in [0.717, 1.165) is 38.3 Å². The molecule has 3 rings (SSSR count). The molecule has 114 valence electrons. The fourth-order valence-corrected chi connectivity index (χ4v) is 3.38. The zero-order valence-electron chi connectivity index (χ0n) is 12.1. The molecular formula is C16H21FN2O2. The largest absolute Gasteiger partial charge is 0.507 e. The Labute approximate surface area is 124 Å². The van der Waals surface area contributed by atoms with E-state index in [-0.39, 0.29) is 23.6 Å². The number of ketones is 1. The molecule has 0 radical (unpaired) electrons. The number of rotatable bonds is 3. The van der Waals surface area contributed by atoms with E-state index in [0.29, 0.717) is 6.04 Å². The monoisotopic (exact) mass is 292 g/mol. The Morgan fingerprint density at radius 3 is 3.00 bits per heavy atom. The number of carbonyl (C=O) groups excluding carboxylic acids is 1. The number of halogens is 1. The molecule has 1 atom stereocenters. The molecule has 1 N–H and O–H groups in total. The highest BCUT2D eigenvalue weighted by molar-refractivity contribution is 6.00. The molecular weight excluding hydrogens is 271 g/mol. The first kappa shape index (κ1) is 14.5. The van der Waals surface area contributed by atoms with Crippen molar-refractivity contribution in [2.75, 3.05) is 32.7 Å². The van der Waals surface area contributed by atoms with Crippen molar-refractivity contribution in [1.29, 1.82) is 0 Å². The maximum absolute atomic E-state index is 13.2. The molecule has 5 heteroatoms. The average Bonchev–Trinajstić information content (AvgIpc) is 2.49. The quantitative estimate of drug-likeness (QED) is 0.864. The van der Waals surface area contributed by atoms with E-state index < -0.39 is 5.82 Å². The SMILES string of the molecule is O=C(CN1CCN2CCCCC2C1)c1cc(F)ccc1O. The van der Waals surface area contributed by atoms with Gasteiger partial charge in [-0.25, -0.2) is 4.39 Å². The Morgan fingerprint density at radius 1 is 1.29 bits per heavy atom. The first-order chi connectivity index (χ1) is 10.1. The average molecular weight is 292 g/mol. The summed E-state index contributed by atoms with van der Waals surface area (Å²) < 4.78 is 13.2. The molecule has 2 heterocycles. The van der Waals surface area contributed by atoms with Gasteiger partial charge in [0, 0.05) is 25.7 Å². The van der Waals surface area contributed by atoms with E-state index in [9.17, 15) is 14.3 Å². The van der Waals surface area contributed by atoms with Gasteiger partial charge in [0.2, 0.25) is 0 Å². The lowest BCUT2D eigenvalue weighted by Crippen LogP contribution is -2.55. The number of hydrogen-bond donors (Lipinski definition) is 1. The van der Waals surface area contributed by atoms with E-state index in [1.165, 1.54) is 25.3 Å². The highest BCUT2D eigenvalue weighted by Crippen LogP contribution is 2.22. The van der Waals surface area contributed by atoms with Crippen LogP contribution in [0.15, 0.2) is 18.2 Å². The summed E-state index contributed by atoms with van der Waals surface area (Å²) in [5.41, 5.74) is 0.0843. The van der Waals surface area contributed by atoms with Crippen molar-refractivity contribution in [2.45, 2.75) is 25.3 Å². The first-order valence-electron chi connectivity index (χ1n) is 7.61. The van der Waals surface area contributed by atoms with E-state index in [1.807, 2.05) is 0 Å². The van der Waals surface area contributed by atoms with E-state index >= 15 is 0 Å². The van der Waals surface area contributed by atoms with Gasteiger partial charge < -0.3 is 5.11 Å². The van der Waals surface area contributed by atoms with Gasteiger partial charge in [0.15, 0.2) is 5.78 Å². The standard InChI is InChI=1S/C16H21FN2O2/c17-12-4-5-15(20)14(9-12)16(21)11-18-7-8-19-6-2-1-3-13(19)10-18/h4-5,9,13,20H,1-3,6-8,10-11H2. The Bertz CT molecular complexity index is 535. The Balaban J connectivity index is 1.63. The highest BCUT2D eigenvalue weighted by atomic mass is 19.1.